The van der Waals surface area contributed by atoms with Gasteiger partial charge < -0.3 is 4.90 Å². The fourth-order valence-corrected chi connectivity index (χ4v) is 4.34. The molecule has 5 heteroatoms. The Morgan fingerprint density at radius 2 is 1.79 bits per heavy atom. The Labute approximate surface area is 174 Å². The van der Waals surface area contributed by atoms with Crippen molar-refractivity contribution in [1.29, 1.82) is 5.26 Å². The van der Waals surface area contributed by atoms with E-state index >= 15 is 0 Å². The molecule has 2 fully saturated rings. The highest BCUT2D eigenvalue weighted by Gasteiger charge is 2.45. The molecule has 144 valence electrons. The first-order valence-corrected chi connectivity index (χ1v) is 10.7. The normalized spacial score (nSPS) is 22.4. The first-order chi connectivity index (χ1) is 13.6. The molecule has 1 heterocycles. The molecule has 2 unspecified atom stereocenters. The van der Waals surface area contributed by atoms with E-state index in [9.17, 15) is 4.79 Å². The van der Waals surface area contributed by atoms with E-state index in [0.29, 0.717) is 17.4 Å². The van der Waals surface area contributed by atoms with Crippen molar-refractivity contribution in [2.24, 2.45) is 5.92 Å². The Morgan fingerprint density at radius 3 is 2.50 bits per heavy atom. The monoisotopic (exact) mass is 437 g/mol. The lowest BCUT2D eigenvalue weighted by atomic mass is 10.1. The van der Waals surface area contributed by atoms with E-state index in [1.54, 1.807) is 0 Å². The standard InChI is InChI=1S/C23H24BrN3O/c24-20-8-6-19(7-9-20)21-14-22(21)23(28)27-11-1-10-26(12-13-27)16-18-4-2-17(15-25)3-5-18/h2-9,21-22H,1,10-14,16H2. The van der Waals surface area contributed by atoms with Crippen LogP contribution in [0.15, 0.2) is 53.0 Å². The molecule has 2 atom stereocenters. The molecule has 2 aliphatic rings. The molecular weight excluding hydrogens is 414 g/mol. The molecule has 2 aromatic rings. The van der Waals surface area contributed by atoms with Crippen LogP contribution >= 0.6 is 15.9 Å². The molecule has 2 aromatic carbocycles. The van der Waals surface area contributed by atoms with E-state index in [4.69, 9.17) is 5.26 Å². The lowest BCUT2D eigenvalue weighted by Crippen LogP contribution is -2.36. The zero-order valence-electron chi connectivity index (χ0n) is 15.9. The van der Waals surface area contributed by atoms with E-state index in [1.165, 1.54) is 11.1 Å². The summed E-state index contributed by atoms with van der Waals surface area (Å²) in [6, 6.07) is 18.3. The summed E-state index contributed by atoms with van der Waals surface area (Å²) in [5, 5.41) is 8.92. The molecular formula is C23H24BrN3O. The van der Waals surface area contributed by atoms with Crippen LogP contribution < -0.4 is 0 Å². The third-order valence-corrected chi connectivity index (χ3v) is 6.32. The van der Waals surface area contributed by atoms with Crippen LogP contribution in [0.1, 0.15) is 35.4 Å². The van der Waals surface area contributed by atoms with Crippen LogP contribution in [-0.2, 0) is 11.3 Å². The Morgan fingerprint density at radius 1 is 1.04 bits per heavy atom. The van der Waals surface area contributed by atoms with Gasteiger partial charge in [0.1, 0.15) is 0 Å². The van der Waals surface area contributed by atoms with Gasteiger partial charge in [-0.05, 0) is 54.2 Å². The van der Waals surface area contributed by atoms with E-state index in [-0.39, 0.29) is 5.92 Å². The number of nitrogens with zero attached hydrogens (tertiary/aromatic N) is 3. The first kappa shape index (κ1) is 19.2. The number of benzene rings is 2. The predicted octanol–water partition coefficient (Wildman–Crippen LogP) is 4.16. The largest absolute Gasteiger partial charge is 0.341 e. The smallest absolute Gasteiger partial charge is 0.226 e. The van der Waals surface area contributed by atoms with E-state index in [0.717, 1.165) is 50.0 Å². The van der Waals surface area contributed by atoms with Gasteiger partial charge in [0, 0.05) is 43.1 Å². The van der Waals surface area contributed by atoms with E-state index in [1.807, 2.05) is 24.3 Å². The van der Waals surface area contributed by atoms with Crippen molar-refractivity contribution in [3.8, 4) is 6.07 Å². The van der Waals surface area contributed by atoms with Gasteiger partial charge in [0.05, 0.1) is 11.6 Å². The van der Waals surface area contributed by atoms with Crippen LogP contribution in [0.5, 0.6) is 0 Å². The highest BCUT2D eigenvalue weighted by molar-refractivity contribution is 9.10. The van der Waals surface area contributed by atoms with Crippen molar-refractivity contribution in [2.45, 2.75) is 25.3 Å². The molecule has 4 nitrogen and oxygen atoms in total. The van der Waals surface area contributed by atoms with Crippen molar-refractivity contribution in [2.75, 3.05) is 26.2 Å². The molecule has 1 aliphatic carbocycles. The SMILES string of the molecule is N#Cc1ccc(CN2CCCN(C(=O)C3CC3c3ccc(Br)cc3)CC2)cc1. The fraction of sp³-hybridized carbons (Fsp3) is 0.391. The van der Waals surface area contributed by atoms with Gasteiger partial charge in [-0.2, -0.15) is 5.26 Å². The molecule has 4 rings (SSSR count). The summed E-state index contributed by atoms with van der Waals surface area (Å²) in [5.74, 6) is 0.873. The second-order valence-electron chi connectivity index (χ2n) is 7.76. The van der Waals surface area contributed by atoms with Gasteiger partial charge in [0.25, 0.3) is 0 Å². The Hall–Kier alpha value is -2.16. The highest BCUT2D eigenvalue weighted by atomic mass is 79.9. The van der Waals surface area contributed by atoms with Gasteiger partial charge in [-0.3, -0.25) is 9.69 Å². The summed E-state index contributed by atoms with van der Waals surface area (Å²) < 4.78 is 1.08. The van der Waals surface area contributed by atoms with Gasteiger partial charge in [0.15, 0.2) is 0 Å². The van der Waals surface area contributed by atoms with Gasteiger partial charge in [0.2, 0.25) is 5.91 Å². The maximum atomic E-state index is 13.0. The maximum absolute atomic E-state index is 13.0. The topological polar surface area (TPSA) is 47.3 Å². The molecule has 0 radical (unpaired) electrons. The van der Waals surface area contributed by atoms with Gasteiger partial charge in [-0.25, -0.2) is 0 Å². The minimum Gasteiger partial charge on any atom is -0.341 e. The summed E-state index contributed by atoms with van der Waals surface area (Å²) in [6.45, 7) is 4.44. The number of halogens is 1. The molecule has 0 bridgehead atoms. The van der Waals surface area contributed by atoms with Crippen LogP contribution in [0.2, 0.25) is 0 Å². The van der Waals surface area contributed by atoms with Crippen molar-refractivity contribution in [1.82, 2.24) is 9.80 Å². The average Bonchev–Trinajstić information content (AvgIpc) is 3.53. The lowest BCUT2D eigenvalue weighted by molar-refractivity contribution is -0.132. The van der Waals surface area contributed by atoms with Crippen LogP contribution in [-0.4, -0.2) is 41.9 Å². The van der Waals surface area contributed by atoms with Crippen molar-refractivity contribution < 1.29 is 4.79 Å². The van der Waals surface area contributed by atoms with Crippen molar-refractivity contribution in [3.05, 3.63) is 69.7 Å². The molecule has 1 saturated heterocycles. The molecule has 28 heavy (non-hydrogen) atoms. The molecule has 1 aliphatic heterocycles. The Kier molecular flexibility index (Phi) is 5.79. The summed E-state index contributed by atoms with van der Waals surface area (Å²) in [6.07, 6.45) is 1.99. The fourth-order valence-electron chi connectivity index (χ4n) is 4.07. The minimum absolute atomic E-state index is 0.159. The van der Waals surface area contributed by atoms with E-state index < -0.39 is 0 Å². The van der Waals surface area contributed by atoms with Gasteiger partial charge >= 0.3 is 0 Å². The number of amides is 1. The molecule has 0 N–H and O–H groups in total. The number of hydrogen-bond acceptors (Lipinski definition) is 3. The maximum Gasteiger partial charge on any atom is 0.226 e. The van der Waals surface area contributed by atoms with Crippen molar-refractivity contribution in [3.63, 3.8) is 0 Å². The third kappa shape index (κ3) is 4.45. The molecule has 1 amide bonds. The summed E-state index contributed by atoms with van der Waals surface area (Å²) in [5.41, 5.74) is 3.19. The van der Waals surface area contributed by atoms with Gasteiger partial charge in [-0.1, -0.05) is 40.2 Å². The van der Waals surface area contributed by atoms with Crippen LogP contribution in [0.3, 0.4) is 0 Å². The number of rotatable bonds is 4. The highest BCUT2D eigenvalue weighted by Crippen LogP contribution is 2.48. The number of hydrogen-bond donors (Lipinski definition) is 0. The first-order valence-electron chi connectivity index (χ1n) is 9.89. The second-order valence-corrected chi connectivity index (χ2v) is 8.68. The zero-order chi connectivity index (χ0) is 19.5. The van der Waals surface area contributed by atoms with Crippen molar-refractivity contribution >= 4 is 21.8 Å². The molecule has 0 spiro atoms. The van der Waals surface area contributed by atoms with Crippen LogP contribution in [0, 0.1) is 17.2 Å². The molecule has 1 saturated carbocycles. The van der Waals surface area contributed by atoms with E-state index in [2.05, 4.69) is 56.1 Å². The predicted molar refractivity (Wildman–Crippen MR) is 113 cm³/mol. The lowest BCUT2D eigenvalue weighted by Gasteiger charge is -2.22. The third-order valence-electron chi connectivity index (χ3n) is 5.80. The number of nitriles is 1. The summed E-state index contributed by atoms with van der Waals surface area (Å²) in [7, 11) is 0. The quantitative estimate of drug-likeness (QED) is 0.721. The summed E-state index contributed by atoms with van der Waals surface area (Å²) >= 11 is 3.47. The summed E-state index contributed by atoms with van der Waals surface area (Å²) in [4.78, 5) is 17.4. The van der Waals surface area contributed by atoms with Gasteiger partial charge in [-0.15, -0.1) is 0 Å². The zero-order valence-corrected chi connectivity index (χ0v) is 17.4. The number of carbonyl (C=O) groups excluding carboxylic acids is 1. The average molecular weight is 438 g/mol. The van der Waals surface area contributed by atoms with Crippen LogP contribution in [0.25, 0.3) is 0 Å². The molecule has 0 aromatic heterocycles. The Balaban J connectivity index is 1.30. The van der Waals surface area contributed by atoms with Crippen LogP contribution in [0.4, 0.5) is 0 Å². The number of carbonyl (C=O) groups is 1. The minimum atomic E-state index is 0.159. The second kappa shape index (κ2) is 8.46. The Bertz CT molecular complexity index is 872.